The second kappa shape index (κ2) is 8.48. The Balaban J connectivity index is 1.30. The number of rotatable bonds is 5. The van der Waals surface area contributed by atoms with E-state index in [0.717, 1.165) is 38.1 Å². The minimum absolute atomic E-state index is 0.0345. The van der Waals surface area contributed by atoms with Crippen molar-refractivity contribution in [3.63, 3.8) is 0 Å². The number of ether oxygens (including phenoxy) is 1. The highest BCUT2D eigenvalue weighted by molar-refractivity contribution is 8.05. The zero-order valence-corrected chi connectivity index (χ0v) is 17.9. The van der Waals surface area contributed by atoms with Gasteiger partial charge in [-0.25, -0.2) is 4.79 Å². The van der Waals surface area contributed by atoms with Gasteiger partial charge in [0.1, 0.15) is 5.76 Å². The number of nitrogens with zero attached hydrogens (tertiary/aromatic N) is 2. The molecule has 160 valence electrons. The summed E-state index contributed by atoms with van der Waals surface area (Å²) >= 11 is 1.86. The number of benzene rings is 2. The molecule has 2 bridgehead atoms. The predicted molar refractivity (Wildman–Crippen MR) is 120 cm³/mol. The Morgan fingerprint density at radius 1 is 1.06 bits per heavy atom. The van der Waals surface area contributed by atoms with Crippen molar-refractivity contribution in [2.75, 3.05) is 13.1 Å². The minimum Gasteiger partial charge on any atom is -0.427 e. The van der Waals surface area contributed by atoms with Gasteiger partial charge in [0, 0.05) is 47.7 Å². The molecule has 7 heteroatoms. The highest BCUT2D eigenvalue weighted by atomic mass is 32.2. The lowest BCUT2D eigenvalue weighted by atomic mass is 9.87. The molecule has 0 amide bonds. The second-order valence-electron chi connectivity index (χ2n) is 8.39. The summed E-state index contributed by atoms with van der Waals surface area (Å²) in [5, 5.41) is 11.4. The third kappa shape index (κ3) is 4.00. The number of thioether (sulfide) groups is 1. The lowest BCUT2D eigenvalue weighted by Crippen LogP contribution is -2.58. The molecular formula is C24H24N2O4S. The molecular weight excluding hydrogens is 412 g/mol. The number of non-ortho nitro benzene ring substituents is 1. The second-order valence-corrected chi connectivity index (χ2v) is 9.67. The molecule has 3 aliphatic rings. The Kier molecular flexibility index (Phi) is 5.54. The zero-order valence-electron chi connectivity index (χ0n) is 17.1. The Morgan fingerprint density at radius 2 is 1.81 bits per heavy atom. The topological polar surface area (TPSA) is 72.7 Å². The number of fused-ring (bicyclic) bond motifs is 2. The lowest BCUT2D eigenvalue weighted by Gasteiger charge is -2.53. The van der Waals surface area contributed by atoms with Crippen LogP contribution in [0.2, 0.25) is 0 Å². The molecule has 0 spiro atoms. The van der Waals surface area contributed by atoms with Gasteiger partial charge in [-0.2, -0.15) is 0 Å². The van der Waals surface area contributed by atoms with Crippen molar-refractivity contribution in [2.45, 2.75) is 42.9 Å². The van der Waals surface area contributed by atoms with Crippen LogP contribution in [0.25, 0.3) is 0 Å². The van der Waals surface area contributed by atoms with Gasteiger partial charge in [0.15, 0.2) is 0 Å². The third-order valence-electron chi connectivity index (χ3n) is 6.42. The maximum atomic E-state index is 12.7. The SMILES string of the molecule is O=C(OC1=C2SC(CCCC1)C2N1CC(c2ccccc2)C1)c1ccc([N+](=O)[O-])cc1. The molecule has 3 heterocycles. The Morgan fingerprint density at radius 3 is 2.52 bits per heavy atom. The molecule has 0 aromatic heterocycles. The Bertz CT molecular complexity index is 1020. The summed E-state index contributed by atoms with van der Waals surface area (Å²) in [6, 6.07) is 16.6. The molecule has 0 saturated carbocycles. The lowest BCUT2D eigenvalue weighted by molar-refractivity contribution is -0.384. The van der Waals surface area contributed by atoms with Crippen molar-refractivity contribution in [1.29, 1.82) is 0 Å². The largest absolute Gasteiger partial charge is 0.427 e. The van der Waals surface area contributed by atoms with E-state index in [2.05, 4.69) is 35.2 Å². The molecule has 2 unspecified atom stereocenters. The van der Waals surface area contributed by atoms with E-state index in [9.17, 15) is 14.9 Å². The van der Waals surface area contributed by atoms with Crippen LogP contribution in [0.5, 0.6) is 0 Å². The number of hydrogen-bond acceptors (Lipinski definition) is 6. The van der Waals surface area contributed by atoms with Crippen LogP contribution in [0.1, 0.15) is 47.5 Å². The molecule has 2 aromatic carbocycles. The summed E-state index contributed by atoms with van der Waals surface area (Å²) in [4.78, 5) is 26.8. The van der Waals surface area contributed by atoms with Crippen LogP contribution in [0, 0.1) is 10.1 Å². The Labute approximate surface area is 185 Å². The Hall–Kier alpha value is -2.64. The molecule has 2 fully saturated rings. The number of hydrogen-bond donors (Lipinski definition) is 0. The van der Waals surface area contributed by atoms with Gasteiger partial charge in [0.2, 0.25) is 0 Å². The van der Waals surface area contributed by atoms with Crippen molar-refractivity contribution in [1.82, 2.24) is 4.90 Å². The summed E-state index contributed by atoms with van der Waals surface area (Å²) in [5.74, 6) is 0.923. The quantitative estimate of drug-likeness (QED) is 0.368. The van der Waals surface area contributed by atoms with Gasteiger partial charge in [0.05, 0.1) is 16.5 Å². The molecule has 0 radical (unpaired) electrons. The van der Waals surface area contributed by atoms with Crippen molar-refractivity contribution < 1.29 is 14.5 Å². The third-order valence-corrected chi connectivity index (χ3v) is 7.94. The van der Waals surface area contributed by atoms with E-state index in [0.29, 0.717) is 22.8 Å². The molecule has 0 N–H and O–H groups in total. The van der Waals surface area contributed by atoms with Crippen LogP contribution in [0.15, 0.2) is 65.3 Å². The molecule has 2 saturated heterocycles. The number of esters is 1. The molecule has 2 aromatic rings. The van der Waals surface area contributed by atoms with Gasteiger partial charge in [0.25, 0.3) is 5.69 Å². The summed E-state index contributed by atoms with van der Waals surface area (Å²) in [6.07, 6.45) is 4.12. The number of nitro benzene ring substituents is 1. The zero-order chi connectivity index (χ0) is 21.4. The van der Waals surface area contributed by atoms with Gasteiger partial charge in [-0.05, 0) is 30.5 Å². The van der Waals surface area contributed by atoms with Crippen LogP contribution in [-0.2, 0) is 4.74 Å². The fourth-order valence-corrected chi connectivity index (χ4v) is 6.21. The van der Waals surface area contributed by atoms with E-state index in [-0.39, 0.29) is 5.69 Å². The van der Waals surface area contributed by atoms with Crippen molar-refractivity contribution in [2.24, 2.45) is 0 Å². The number of nitro groups is 1. The van der Waals surface area contributed by atoms with Crippen LogP contribution in [-0.4, -0.2) is 40.2 Å². The first-order chi connectivity index (χ1) is 15.1. The smallest absolute Gasteiger partial charge is 0.343 e. The van der Waals surface area contributed by atoms with E-state index in [1.807, 2.05) is 11.8 Å². The normalized spacial score (nSPS) is 23.9. The van der Waals surface area contributed by atoms with Crippen LogP contribution < -0.4 is 0 Å². The summed E-state index contributed by atoms with van der Waals surface area (Å²) < 4.78 is 5.85. The van der Waals surface area contributed by atoms with Gasteiger partial charge in [-0.15, -0.1) is 11.8 Å². The van der Waals surface area contributed by atoms with E-state index in [1.54, 1.807) is 0 Å². The first-order valence-corrected chi connectivity index (χ1v) is 11.6. The fraction of sp³-hybridized carbons (Fsp3) is 0.375. The predicted octanol–water partition coefficient (Wildman–Crippen LogP) is 5.12. The summed E-state index contributed by atoms with van der Waals surface area (Å²) in [5.41, 5.74) is 1.70. The van der Waals surface area contributed by atoms with Gasteiger partial charge in [-0.1, -0.05) is 36.8 Å². The van der Waals surface area contributed by atoms with E-state index in [1.165, 1.54) is 41.2 Å². The fourth-order valence-electron chi connectivity index (χ4n) is 4.66. The van der Waals surface area contributed by atoms with Crippen molar-refractivity contribution >= 4 is 23.4 Å². The molecule has 3 aliphatic heterocycles. The maximum absolute atomic E-state index is 12.7. The molecule has 2 atom stereocenters. The summed E-state index contributed by atoms with van der Waals surface area (Å²) in [6.45, 7) is 2.08. The molecule has 0 aliphatic carbocycles. The van der Waals surface area contributed by atoms with Crippen LogP contribution in [0.3, 0.4) is 0 Å². The highest BCUT2D eigenvalue weighted by Crippen LogP contribution is 2.52. The van der Waals surface area contributed by atoms with Crippen LogP contribution in [0.4, 0.5) is 5.69 Å². The monoisotopic (exact) mass is 436 g/mol. The van der Waals surface area contributed by atoms with E-state index < -0.39 is 10.9 Å². The highest BCUT2D eigenvalue weighted by Gasteiger charge is 2.48. The van der Waals surface area contributed by atoms with Gasteiger partial charge in [-0.3, -0.25) is 15.0 Å². The first kappa shape index (κ1) is 20.3. The number of carbonyl (C=O) groups is 1. The van der Waals surface area contributed by atoms with E-state index >= 15 is 0 Å². The number of likely N-dealkylation sites (tertiary alicyclic amines) is 1. The van der Waals surface area contributed by atoms with E-state index in [4.69, 9.17) is 4.74 Å². The van der Waals surface area contributed by atoms with Gasteiger partial charge >= 0.3 is 5.97 Å². The first-order valence-electron chi connectivity index (χ1n) is 10.8. The van der Waals surface area contributed by atoms with Crippen molar-refractivity contribution in [3.8, 4) is 0 Å². The number of allylic oxidation sites excluding steroid dienone is 1. The molecule has 6 nitrogen and oxygen atoms in total. The average molecular weight is 437 g/mol. The summed E-state index contributed by atoms with van der Waals surface area (Å²) in [7, 11) is 0. The van der Waals surface area contributed by atoms with Crippen LogP contribution >= 0.6 is 11.8 Å². The molecule has 5 rings (SSSR count). The maximum Gasteiger partial charge on any atom is 0.343 e. The minimum atomic E-state index is -0.472. The number of carbonyl (C=O) groups excluding carboxylic acids is 1. The van der Waals surface area contributed by atoms with Crippen molar-refractivity contribution in [3.05, 3.63) is 86.5 Å². The standard InChI is InChI=1S/C24H24N2O4S/c27-24(17-10-12-19(13-11-17)26(28)29)30-20-8-4-5-9-21-22(23(20)31-21)25-14-18(15-25)16-6-2-1-3-7-16/h1-3,6-7,10-13,18,21-22H,4-5,8-9,14-15H2. The molecule has 31 heavy (non-hydrogen) atoms. The van der Waals surface area contributed by atoms with Gasteiger partial charge < -0.3 is 4.74 Å². The average Bonchev–Trinajstić information content (AvgIpc) is 2.72.